The van der Waals surface area contributed by atoms with Gasteiger partial charge in [0.1, 0.15) is 0 Å². The summed E-state index contributed by atoms with van der Waals surface area (Å²) in [4.78, 5) is 2.35. The zero-order valence-corrected chi connectivity index (χ0v) is 12.0. The molecule has 0 radical (unpaired) electrons. The summed E-state index contributed by atoms with van der Waals surface area (Å²) in [5.74, 6) is 1.38. The molecule has 17 heavy (non-hydrogen) atoms. The van der Waals surface area contributed by atoms with Crippen LogP contribution < -0.4 is 0 Å². The molecule has 96 valence electrons. The van der Waals surface area contributed by atoms with Gasteiger partial charge in [0.15, 0.2) is 0 Å². The van der Waals surface area contributed by atoms with Crippen LogP contribution in [-0.2, 0) is 6.42 Å². The van der Waals surface area contributed by atoms with Crippen LogP contribution in [0.3, 0.4) is 0 Å². The molecule has 0 bridgehead atoms. The quantitative estimate of drug-likeness (QED) is 0.666. The maximum Gasteiger partial charge on any atom is 0.0235 e. The summed E-state index contributed by atoms with van der Waals surface area (Å²) < 4.78 is 0. The number of benzene rings is 1. The van der Waals surface area contributed by atoms with Gasteiger partial charge < -0.3 is 4.90 Å². The van der Waals surface area contributed by atoms with Gasteiger partial charge >= 0.3 is 0 Å². The Morgan fingerprint density at radius 2 is 1.76 bits per heavy atom. The molecule has 0 aliphatic carbocycles. The van der Waals surface area contributed by atoms with Crippen LogP contribution in [0, 0.1) is 0 Å². The molecular formula is C15H24ClN. The predicted molar refractivity (Wildman–Crippen MR) is 77.1 cm³/mol. The van der Waals surface area contributed by atoms with Gasteiger partial charge in [-0.1, -0.05) is 38.1 Å². The summed E-state index contributed by atoms with van der Waals surface area (Å²) in [7, 11) is 2.16. The lowest BCUT2D eigenvalue weighted by Gasteiger charge is -2.16. The van der Waals surface area contributed by atoms with E-state index in [1.807, 2.05) is 0 Å². The Morgan fingerprint density at radius 1 is 1.12 bits per heavy atom. The van der Waals surface area contributed by atoms with Crippen molar-refractivity contribution in [1.29, 1.82) is 0 Å². The first-order chi connectivity index (χ1) is 8.13. The Balaban J connectivity index is 2.36. The summed E-state index contributed by atoms with van der Waals surface area (Å²) in [6.07, 6.45) is 2.20. The third-order valence-electron chi connectivity index (χ3n) is 3.10. The van der Waals surface area contributed by atoms with E-state index < -0.39 is 0 Å². The van der Waals surface area contributed by atoms with Crippen LogP contribution in [0.2, 0.25) is 0 Å². The van der Waals surface area contributed by atoms with Crippen molar-refractivity contribution in [2.75, 3.05) is 26.0 Å². The van der Waals surface area contributed by atoms with E-state index in [1.54, 1.807) is 0 Å². The minimum absolute atomic E-state index is 0.621. The van der Waals surface area contributed by atoms with Crippen LogP contribution in [0.1, 0.15) is 37.3 Å². The molecule has 1 rings (SSSR count). The van der Waals surface area contributed by atoms with Gasteiger partial charge in [0.25, 0.3) is 0 Å². The monoisotopic (exact) mass is 253 g/mol. The third-order valence-corrected chi connectivity index (χ3v) is 3.37. The zero-order chi connectivity index (χ0) is 12.7. The Morgan fingerprint density at radius 3 is 2.29 bits per heavy atom. The molecule has 0 unspecified atom stereocenters. The second-order valence-corrected chi connectivity index (χ2v) is 5.37. The van der Waals surface area contributed by atoms with Crippen molar-refractivity contribution in [1.82, 2.24) is 4.90 Å². The molecule has 0 atom stereocenters. The topological polar surface area (TPSA) is 3.24 Å². The average Bonchev–Trinajstić information content (AvgIpc) is 2.34. The molecule has 0 saturated heterocycles. The van der Waals surface area contributed by atoms with E-state index in [1.165, 1.54) is 11.1 Å². The fraction of sp³-hybridized carbons (Fsp3) is 0.600. The molecule has 0 aliphatic heterocycles. The maximum absolute atomic E-state index is 5.68. The smallest absolute Gasteiger partial charge is 0.0235 e. The molecule has 0 saturated carbocycles. The van der Waals surface area contributed by atoms with Crippen LogP contribution in [0.5, 0.6) is 0 Å². The van der Waals surface area contributed by atoms with Crippen LogP contribution in [-0.4, -0.2) is 30.9 Å². The van der Waals surface area contributed by atoms with Crippen molar-refractivity contribution >= 4 is 11.6 Å². The summed E-state index contributed by atoms with van der Waals surface area (Å²) >= 11 is 5.68. The highest BCUT2D eigenvalue weighted by Crippen LogP contribution is 2.14. The first-order valence-electron chi connectivity index (χ1n) is 6.47. The highest BCUT2D eigenvalue weighted by Gasteiger charge is 2.01. The molecule has 1 aromatic carbocycles. The largest absolute Gasteiger partial charge is 0.306 e. The number of rotatable bonds is 7. The normalized spacial score (nSPS) is 11.4. The van der Waals surface area contributed by atoms with E-state index in [4.69, 9.17) is 11.6 Å². The van der Waals surface area contributed by atoms with Gasteiger partial charge in [0, 0.05) is 12.4 Å². The first-order valence-corrected chi connectivity index (χ1v) is 7.00. The minimum Gasteiger partial charge on any atom is -0.306 e. The second kappa shape index (κ2) is 7.73. The number of alkyl halides is 1. The number of nitrogens with zero attached hydrogens (tertiary/aromatic N) is 1. The number of likely N-dealkylation sites (N-methyl/N-ethyl adjacent to an activating group) is 1. The fourth-order valence-corrected chi connectivity index (χ4v) is 1.95. The number of hydrogen-bond donors (Lipinski definition) is 0. The summed E-state index contributed by atoms with van der Waals surface area (Å²) in [5.41, 5.74) is 2.84. The Kier molecular flexibility index (Phi) is 6.61. The third kappa shape index (κ3) is 5.56. The Bertz CT molecular complexity index is 305. The Labute approximate surface area is 111 Å². The lowest BCUT2D eigenvalue weighted by molar-refractivity contribution is 0.340. The molecule has 0 spiro atoms. The molecule has 1 aromatic rings. The van der Waals surface area contributed by atoms with Crippen LogP contribution in [0.15, 0.2) is 24.3 Å². The molecule has 0 amide bonds. The standard InChI is InChI=1S/C15H24ClN/c1-13(2)15-7-5-14(6-8-15)9-12-17(3)11-4-10-16/h5-8,13H,4,9-12H2,1-3H3. The van der Waals surface area contributed by atoms with Crippen LogP contribution >= 0.6 is 11.6 Å². The first kappa shape index (κ1) is 14.5. The van der Waals surface area contributed by atoms with E-state index in [2.05, 4.69) is 50.1 Å². The van der Waals surface area contributed by atoms with E-state index in [0.29, 0.717) is 5.92 Å². The summed E-state index contributed by atoms with van der Waals surface area (Å²) in [6.45, 7) is 6.66. The minimum atomic E-state index is 0.621. The number of hydrogen-bond acceptors (Lipinski definition) is 1. The zero-order valence-electron chi connectivity index (χ0n) is 11.2. The van der Waals surface area contributed by atoms with Crippen molar-refractivity contribution < 1.29 is 0 Å². The van der Waals surface area contributed by atoms with Gasteiger partial charge in [0.2, 0.25) is 0 Å². The molecule has 0 heterocycles. The van der Waals surface area contributed by atoms with E-state index in [9.17, 15) is 0 Å². The van der Waals surface area contributed by atoms with Gasteiger partial charge in [-0.05, 0) is 43.5 Å². The van der Waals surface area contributed by atoms with Crippen molar-refractivity contribution in [3.05, 3.63) is 35.4 Å². The van der Waals surface area contributed by atoms with Gasteiger partial charge in [-0.15, -0.1) is 11.6 Å². The molecule has 1 nitrogen and oxygen atoms in total. The lowest BCUT2D eigenvalue weighted by atomic mass is 10.0. The SMILES string of the molecule is CC(C)c1ccc(CCN(C)CCCCl)cc1. The molecule has 0 N–H and O–H groups in total. The van der Waals surface area contributed by atoms with Crippen molar-refractivity contribution in [2.45, 2.75) is 32.6 Å². The fourth-order valence-electron chi connectivity index (χ4n) is 1.83. The highest BCUT2D eigenvalue weighted by atomic mass is 35.5. The van der Waals surface area contributed by atoms with Gasteiger partial charge in [0.05, 0.1) is 0 Å². The molecule has 0 aromatic heterocycles. The van der Waals surface area contributed by atoms with Crippen LogP contribution in [0.25, 0.3) is 0 Å². The van der Waals surface area contributed by atoms with Gasteiger partial charge in [-0.3, -0.25) is 0 Å². The highest BCUT2D eigenvalue weighted by molar-refractivity contribution is 6.17. The van der Waals surface area contributed by atoms with Crippen LogP contribution in [0.4, 0.5) is 0 Å². The Hall–Kier alpha value is -0.530. The molecule has 2 heteroatoms. The maximum atomic E-state index is 5.68. The predicted octanol–water partition coefficient (Wildman–Crippen LogP) is 3.91. The van der Waals surface area contributed by atoms with E-state index in [-0.39, 0.29) is 0 Å². The second-order valence-electron chi connectivity index (χ2n) is 4.99. The van der Waals surface area contributed by atoms with Crippen molar-refractivity contribution in [2.24, 2.45) is 0 Å². The lowest BCUT2D eigenvalue weighted by Crippen LogP contribution is -2.22. The van der Waals surface area contributed by atoms with Crippen molar-refractivity contribution in [3.8, 4) is 0 Å². The van der Waals surface area contributed by atoms with Gasteiger partial charge in [-0.25, -0.2) is 0 Å². The molecule has 0 fully saturated rings. The average molecular weight is 254 g/mol. The van der Waals surface area contributed by atoms with Crippen molar-refractivity contribution in [3.63, 3.8) is 0 Å². The number of halogens is 1. The molecular weight excluding hydrogens is 230 g/mol. The van der Waals surface area contributed by atoms with Gasteiger partial charge in [-0.2, -0.15) is 0 Å². The summed E-state index contributed by atoms with van der Waals surface area (Å²) in [6, 6.07) is 9.01. The molecule has 0 aliphatic rings. The van der Waals surface area contributed by atoms with E-state index >= 15 is 0 Å². The summed E-state index contributed by atoms with van der Waals surface area (Å²) in [5, 5.41) is 0. The van der Waals surface area contributed by atoms with E-state index in [0.717, 1.165) is 31.8 Å².